The summed E-state index contributed by atoms with van der Waals surface area (Å²) >= 11 is 0. The zero-order valence-electron chi connectivity index (χ0n) is 11.9. The molecule has 0 unspecified atom stereocenters. The van der Waals surface area contributed by atoms with Gasteiger partial charge in [-0.1, -0.05) is 6.07 Å². The van der Waals surface area contributed by atoms with Crippen molar-refractivity contribution in [1.29, 1.82) is 0 Å². The normalized spacial score (nSPS) is 11.0. The van der Waals surface area contributed by atoms with Gasteiger partial charge in [0.05, 0.1) is 17.7 Å². The van der Waals surface area contributed by atoms with Crippen molar-refractivity contribution in [1.82, 2.24) is 29.1 Å². The molecule has 0 saturated carbocycles. The van der Waals surface area contributed by atoms with Crippen LogP contribution in [0.25, 0.3) is 11.3 Å². The fourth-order valence-corrected chi connectivity index (χ4v) is 2.34. The number of hydrogen-bond acceptors (Lipinski definition) is 5. The van der Waals surface area contributed by atoms with E-state index in [1.165, 1.54) is 0 Å². The van der Waals surface area contributed by atoms with Crippen LogP contribution in [0.5, 0.6) is 0 Å². The van der Waals surface area contributed by atoms with Gasteiger partial charge in [0.1, 0.15) is 5.82 Å². The molecule has 0 atom stereocenters. The van der Waals surface area contributed by atoms with E-state index >= 15 is 0 Å². The Hall–Kier alpha value is -3.22. The topological polar surface area (TPSA) is 72.9 Å². The smallest absolute Gasteiger partial charge is 0.248 e. The second kappa shape index (κ2) is 4.96. The van der Waals surface area contributed by atoms with Crippen molar-refractivity contribution in [3.05, 3.63) is 60.9 Å². The Morgan fingerprint density at radius 1 is 1.09 bits per heavy atom. The molecule has 0 aliphatic rings. The quantitative estimate of drug-likeness (QED) is 0.627. The second-order valence-corrected chi connectivity index (χ2v) is 4.82. The molecule has 0 saturated heterocycles. The Morgan fingerprint density at radius 3 is 2.82 bits per heavy atom. The summed E-state index contributed by atoms with van der Waals surface area (Å²) in [6.07, 6.45) is 7.13. The van der Waals surface area contributed by atoms with E-state index in [-0.39, 0.29) is 0 Å². The van der Waals surface area contributed by atoms with Crippen LogP contribution in [0.4, 0.5) is 11.8 Å². The van der Waals surface area contributed by atoms with Gasteiger partial charge in [-0.05, 0) is 31.2 Å². The third-order valence-corrected chi connectivity index (χ3v) is 3.40. The minimum Gasteiger partial charge on any atom is -0.307 e. The van der Waals surface area contributed by atoms with Gasteiger partial charge in [0.15, 0.2) is 5.65 Å². The van der Waals surface area contributed by atoms with Crippen LogP contribution in [0.15, 0.2) is 55.2 Å². The highest BCUT2D eigenvalue weighted by atomic mass is 15.4. The molecular weight excluding hydrogens is 278 g/mol. The lowest BCUT2D eigenvalue weighted by atomic mass is 10.3. The number of anilines is 2. The molecule has 22 heavy (non-hydrogen) atoms. The maximum Gasteiger partial charge on any atom is 0.248 e. The number of pyridine rings is 2. The first-order valence-electron chi connectivity index (χ1n) is 6.84. The number of aryl methyl sites for hydroxylation is 1. The number of rotatable bonds is 3. The lowest BCUT2D eigenvalue weighted by molar-refractivity contribution is 0.888. The predicted molar refractivity (Wildman–Crippen MR) is 82.4 cm³/mol. The molecule has 4 aromatic rings. The zero-order valence-corrected chi connectivity index (χ0v) is 11.9. The van der Waals surface area contributed by atoms with Crippen molar-refractivity contribution < 1.29 is 0 Å². The molecule has 4 heterocycles. The number of nitrogens with zero attached hydrogens (tertiary/aromatic N) is 6. The molecule has 0 radical (unpaired) electrons. The van der Waals surface area contributed by atoms with Gasteiger partial charge in [-0.3, -0.25) is 0 Å². The summed E-state index contributed by atoms with van der Waals surface area (Å²) in [5.41, 5.74) is 2.77. The number of aromatic nitrogens is 6. The van der Waals surface area contributed by atoms with E-state index in [0.29, 0.717) is 11.8 Å². The molecule has 0 bridgehead atoms. The van der Waals surface area contributed by atoms with Crippen LogP contribution in [0.2, 0.25) is 0 Å². The summed E-state index contributed by atoms with van der Waals surface area (Å²) < 4.78 is 3.75. The van der Waals surface area contributed by atoms with Gasteiger partial charge in [-0.2, -0.15) is 4.98 Å². The van der Waals surface area contributed by atoms with Crippen molar-refractivity contribution in [2.24, 2.45) is 0 Å². The van der Waals surface area contributed by atoms with Crippen molar-refractivity contribution >= 4 is 17.4 Å². The summed E-state index contributed by atoms with van der Waals surface area (Å²) in [6, 6.07) is 9.58. The summed E-state index contributed by atoms with van der Waals surface area (Å²) in [7, 11) is 0. The molecule has 108 valence electrons. The van der Waals surface area contributed by atoms with Crippen molar-refractivity contribution in [3.63, 3.8) is 0 Å². The monoisotopic (exact) mass is 291 g/mol. The Balaban J connectivity index is 1.76. The standard InChI is InChI=1S/C15H13N7/c1-11-12(21-9-8-16-10-21)5-6-14-19-15(20-22(11)14)18-13-4-2-3-7-17-13/h2-10H,1H3,(H,17,18,20). The van der Waals surface area contributed by atoms with E-state index in [1.54, 1.807) is 23.2 Å². The van der Waals surface area contributed by atoms with E-state index in [0.717, 1.165) is 17.0 Å². The lowest BCUT2D eigenvalue weighted by Gasteiger charge is -2.07. The first kappa shape index (κ1) is 12.5. The fourth-order valence-electron chi connectivity index (χ4n) is 2.34. The minimum absolute atomic E-state index is 0.518. The summed E-state index contributed by atoms with van der Waals surface area (Å²) in [6.45, 7) is 2.00. The maximum absolute atomic E-state index is 4.50. The maximum atomic E-state index is 4.50. The number of hydrogen-bond donors (Lipinski definition) is 1. The molecule has 7 heteroatoms. The molecular formula is C15H13N7. The Bertz CT molecular complexity index is 910. The van der Waals surface area contributed by atoms with Crippen molar-refractivity contribution in [2.75, 3.05) is 5.32 Å². The summed E-state index contributed by atoms with van der Waals surface area (Å²) in [5.74, 6) is 1.23. The summed E-state index contributed by atoms with van der Waals surface area (Å²) in [5, 5.41) is 7.60. The van der Waals surface area contributed by atoms with Gasteiger partial charge in [-0.15, -0.1) is 5.10 Å². The van der Waals surface area contributed by atoms with Crippen molar-refractivity contribution in [3.8, 4) is 5.69 Å². The van der Waals surface area contributed by atoms with Gasteiger partial charge < -0.3 is 9.88 Å². The fraction of sp³-hybridized carbons (Fsp3) is 0.0667. The molecule has 7 nitrogen and oxygen atoms in total. The second-order valence-electron chi connectivity index (χ2n) is 4.82. The highest BCUT2D eigenvalue weighted by molar-refractivity contribution is 5.54. The summed E-state index contributed by atoms with van der Waals surface area (Å²) in [4.78, 5) is 12.8. The Labute approximate surface area is 126 Å². The highest BCUT2D eigenvalue weighted by Crippen LogP contribution is 2.18. The van der Waals surface area contributed by atoms with E-state index in [2.05, 4.69) is 25.4 Å². The van der Waals surface area contributed by atoms with Crippen LogP contribution in [0.1, 0.15) is 5.69 Å². The average Bonchev–Trinajstić information content (AvgIpc) is 3.18. The van der Waals surface area contributed by atoms with Gasteiger partial charge in [0.2, 0.25) is 5.95 Å². The third kappa shape index (κ3) is 2.08. The Kier molecular flexibility index (Phi) is 2.82. The molecule has 0 fully saturated rings. The van der Waals surface area contributed by atoms with Gasteiger partial charge >= 0.3 is 0 Å². The van der Waals surface area contributed by atoms with E-state index < -0.39 is 0 Å². The van der Waals surface area contributed by atoms with Crippen LogP contribution < -0.4 is 5.32 Å². The molecule has 0 aliphatic heterocycles. The van der Waals surface area contributed by atoms with E-state index in [1.807, 2.05) is 48.0 Å². The number of nitrogens with one attached hydrogen (secondary N) is 1. The van der Waals surface area contributed by atoms with Crippen LogP contribution in [0.3, 0.4) is 0 Å². The van der Waals surface area contributed by atoms with Crippen LogP contribution in [0, 0.1) is 6.92 Å². The molecule has 0 aliphatic carbocycles. The van der Waals surface area contributed by atoms with Crippen molar-refractivity contribution in [2.45, 2.75) is 6.92 Å². The molecule has 0 aromatic carbocycles. The molecule has 0 amide bonds. The zero-order chi connectivity index (χ0) is 14.9. The first-order chi connectivity index (χ1) is 10.8. The molecule has 4 aromatic heterocycles. The van der Waals surface area contributed by atoms with E-state index in [9.17, 15) is 0 Å². The van der Waals surface area contributed by atoms with Gasteiger partial charge in [-0.25, -0.2) is 14.5 Å². The predicted octanol–water partition coefficient (Wildman–Crippen LogP) is 2.36. The SMILES string of the molecule is Cc1c(-n2ccnc2)ccc2nc(Nc3ccccn3)nn12. The lowest BCUT2D eigenvalue weighted by Crippen LogP contribution is -2.02. The molecule has 4 rings (SSSR count). The third-order valence-electron chi connectivity index (χ3n) is 3.40. The van der Waals surface area contributed by atoms with Crippen LogP contribution in [-0.2, 0) is 0 Å². The molecule has 1 N–H and O–H groups in total. The average molecular weight is 291 g/mol. The minimum atomic E-state index is 0.518. The van der Waals surface area contributed by atoms with Gasteiger partial charge in [0.25, 0.3) is 0 Å². The first-order valence-corrected chi connectivity index (χ1v) is 6.84. The molecule has 0 spiro atoms. The van der Waals surface area contributed by atoms with Gasteiger partial charge in [0, 0.05) is 18.6 Å². The number of imidazole rings is 1. The largest absolute Gasteiger partial charge is 0.307 e. The van der Waals surface area contributed by atoms with E-state index in [4.69, 9.17) is 0 Å². The number of fused-ring (bicyclic) bond motifs is 1. The Morgan fingerprint density at radius 2 is 2.05 bits per heavy atom. The van der Waals surface area contributed by atoms with Crippen LogP contribution in [-0.4, -0.2) is 29.1 Å². The van der Waals surface area contributed by atoms with Crippen LogP contribution >= 0.6 is 0 Å². The highest BCUT2D eigenvalue weighted by Gasteiger charge is 2.10.